The van der Waals surface area contributed by atoms with Crippen LogP contribution >= 0.6 is 15.9 Å². The minimum Gasteiger partial charge on any atom is -0.359 e. The summed E-state index contributed by atoms with van der Waals surface area (Å²) in [5, 5.41) is 3.75. The number of nitrogens with one attached hydrogen (secondary N) is 1. The zero-order chi connectivity index (χ0) is 11.7. The van der Waals surface area contributed by atoms with E-state index in [9.17, 15) is 4.79 Å². The number of rotatable bonds is 2. The summed E-state index contributed by atoms with van der Waals surface area (Å²) >= 11 is 3.32. The van der Waals surface area contributed by atoms with Crippen molar-refractivity contribution >= 4 is 21.7 Å². The van der Waals surface area contributed by atoms with Gasteiger partial charge in [-0.05, 0) is 35.8 Å². The predicted molar refractivity (Wildman–Crippen MR) is 63.4 cm³/mol. The van der Waals surface area contributed by atoms with Crippen LogP contribution in [0.1, 0.15) is 11.3 Å². The molecule has 1 N–H and O–H groups in total. The number of anilines is 1. The molecule has 0 amide bonds. The lowest BCUT2D eigenvalue weighted by Crippen LogP contribution is -2.27. The Labute approximate surface area is 100 Å². The molecule has 0 spiro atoms. The molecule has 2 heterocycles. The second-order valence-electron chi connectivity index (χ2n) is 3.45. The average molecular weight is 284 g/mol. The maximum Gasteiger partial charge on any atom is 0.272 e. The molecule has 0 atom stereocenters. The predicted octanol–water partition coefficient (Wildman–Crippen LogP) is 2.09. The van der Waals surface area contributed by atoms with Crippen molar-refractivity contribution in [1.29, 1.82) is 0 Å². The van der Waals surface area contributed by atoms with Gasteiger partial charge in [-0.25, -0.2) is 4.68 Å². The topological polar surface area (TPSA) is 60.1 Å². The fourth-order valence-corrected chi connectivity index (χ4v) is 1.85. The highest BCUT2D eigenvalue weighted by Gasteiger charge is 2.04. The zero-order valence-electron chi connectivity index (χ0n) is 8.82. The number of halogens is 1. The molecule has 0 saturated carbocycles. The van der Waals surface area contributed by atoms with E-state index in [4.69, 9.17) is 4.52 Å². The minimum atomic E-state index is -0.121. The van der Waals surface area contributed by atoms with Gasteiger partial charge in [-0.1, -0.05) is 5.16 Å². The van der Waals surface area contributed by atoms with Crippen molar-refractivity contribution in [3.63, 3.8) is 0 Å². The lowest BCUT2D eigenvalue weighted by atomic mass is 10.3. The molecule has 0 aliphatic heterocycles. The van der Waals surface area contributed by atoms with Crippen molar-refractivity contribution in [1.82, 2.24) is 9.83 Å². The fraction of sp³-hybridized carbons (Fsp3) is 0.200. The Hall–Kier alpha value is -1.56. The number of pyridine rings is 1. The smallest absolute Gasteiger partial charge is 0.272 e. The van der Waals surface area contributed by atoms with Crippen LogP contribution in [0.25, 0.3) is 0 Å². The second-order valence-corrected chi connectivity index (χ2v) is 4.37. The van der Waals surface area contributed by atoms with Crippen LogP contribution in [-0.4, -0.2) is 9.83 Å². The molecule has 2 aromatic rings. The first-order valence-corrected chi connectivity index (χ1v) is 5.45. The molecule has 0 bridgehead atoms. The molecule has 0 saturated heterocycles. The van der Waals surface area contributed by atoms with Crippen LogP contribution < -0.4 is 11.0 Å². The lowest BCUT2D eigenvalue weighted by molar-refractivity contribution is 0.399. The van der Waals surface area contributed by atoms with Crippen molar-refractivity contribution in [3.05, 3.63) is 44.5 Å². The number of hydrogen-bond acceptors (Lipinski definition) is 4. The Morgan fingerprint density at radius 3 is 2.81 bits per heavy atom. The van der Waals surface area contributed by atoms with Gasteiger partial charge in [0, 0.05) is 22.3 Å². The molecular weight excluding hydrogens is 274 g/mol. The summed E-state index contributed by atoms with van der Waals surface area (Å²) in [6.45, 7) is 3.53. The van der Waals surface area contributed by atoms with Gasteiger partial charge < -0.3 is 4.52 Å². The van der Waals surface area contributed by atoms with E-state index in [1.807, 2.05) is 0 Å². The number of aromatic nitrogens is 2. The fourth-order valence-electron chi connectivity index (χ4n) is 1.30. The minimum absolute atomic E-state index is 0.121. The Morgan fingerprint density at radius 2 is 2.19 bits per heavy atom. The molecule has 0 fully saturated rings. The van der Waals surface area contributed by atoms with E-state index < -0.39 is 0 Å². The highest BCUT2D eigenvalue weighted by Crippen LogP contribution is 2.10. The molecular formula is C10H10BrN3O2. The molecule has 5 nitrogen and oxygen atoms in total. The zero-order valence-corrected chi connectivity index (χ0v) is 10.4. The van der Waals surface area contributed by atoms with E-state index in [0.717, 1.165) is 4.47 Å². The highest BCUT2D eigenvalue weighted by molar-refractivity contribution is 9.10. The Balaban J connectivity index is 2.38. The van der Waals surface area contributed by atoms with Gasteiger partial charge >= 0.3 is 0 Å². The highest BCUT2D eigenvalue weighted by atomic mass is 79.9. The molecule has 84 valence electrons. The van der Waals surface area contributed by atoms with Crippen LogP contribution in [0.4, 0.5) is 5.82 Å². The van der Waals surface area contributed by atoms with Crippen molar-refractivity contribution < 1.29 is 4.52 Å². The largest absolute Gasteiger partial charge is 0.359 e. The van der Waals surface area contributed by atoms with Crippen LogP contribution in [-0.2, 0) is 0 Å². The summed E-state index contributed by atoms with van der Waals surface area (Å²) < 4.78 is 7.07. The van der Waals surface area contributed by atoms with Crippen LogP contribution in [0.3, 0.4) is 0 Å². The summed E-state index contributed by atoms with van der Waals surface area (Å²) in [5.74, 6) is 1.18. The molecule has 16 heavy (non-hydrogen) atoms. The molecule has 6 heteroatoms. The van der Waals surface area contributed by atoms with Crippen LogP contribution in [0.2, 0.25) is 0 Å². The summed E-state index contributed by atoms with van der Waals surface area (Å²) in [5.41, 5.74) is 3.36. The first-order valence-electron chi connectivity index (χ1n) is 4.65. The van der Waals surface area contributed by atoms with Crippen molar-refractivity contribution in [2.75, 3.05) is 5.43 Å². The van der Waals surface area contributed by atoms with Gasteiger partial charge in [-0.3, -0.25) is 10.2 Å². The van der Waals surface area contributed by atoms with E-state index >= 15 is 0 Å². The summed E-state index contributed by atoms with van der Waals surface area (Å²) in [6, 6.07) is 3.47. The van der Waals surface area contributed by atoms with E-state index in [-0.39, 0.29) is 5.56 Å². The Bertz CT molecular complexity index is 574. The van der Waals surface area contributed by atoms with Crippen molar-refractivity contribution in [3.8, 4) is 0 Å². The molecule has 0 aliphatic rings. The van der Waals surface area contributed by atoms with Gasteiger partial charge in [0.1, 0.15) is 5.76 Å². The third-order valence-corrected chi connectivity index (χ3v) is 2.46. The van der Waals surface area contributed by atoms with Crippen LogP contribution in [0.15, 0.2) is 32.1 Å². The maximum absolute atomic E-state index is 11.8. The maximum atomic E-state index is 11.8. The SMILES string of the molecule is Cc1cc(Nn2cc(Br)cc(C)c2=O)no1. The van der Waals surface area contributed by atoms with Gasteiger partial charge in [0.05, 0.1) is 0 Å². The average Bonchev–Trinajstić information content (AvgIpc) is 2.60. The quantitative estimate of drug-likeness (QED) is 0.917. The molecule has 2 rings (SSSR count). The van der Waals surface area contributed by atoms with E-state index in [2.05, 4.69) is 26.5 Å². The first-order chi connectivity index (χ1) is 7.56. The van der Waals surface area contributed by atoms with Crippen molar-refractivity contribution in [2.45, 2.75) is 13.8 Å². The second kappa shape index (κ2) is 4.13. The number of hydrogen-bond donors (Lipinski definition) is 1. The molecule has 0 aromatic carbocycles. The normalized spacial score (nSPS) is 10.4. The van der Waals surface area contributed by atoms with Crippen LogP contribution in [0.5, 0.6) is 0 Å². The molecule has 0 radical (unpaired) electrons. The van der Waals surface area contributed by atoms with E-state index in [1.54, 1.807) is 32.2 Å². The van der Waals surface area contributed by atoms with Crippen LogP contribution in [0, 0.1) is 13.8 Å². The van der Waals surface area contributed by atoms with E-state index in [0.29, 0.717) is 17.1 Å². The lowest BCUT2D eigenvalue weighted by Gasteiger charge is -2.07. The first kappa shape index (κ1) is 10.9. The monoisotopic (exact) mass is 283 g/mol. The number of nitrogens with zero attached hydrogens (tertiary/aromatic N) is 2. The Kier molecular flexibility index (Phi) is 2.82. The molecule has 2 aromatic heterocycles. The third kappa shape index (κ3) is 2.16. The van der Waals surface area contributed by atoms with Gasteiger partial charge in [-0.15, -0.1) is 0 Å². The summed E-state index contributed by atoms with van der Waals surface area (Å²) in [4.78, 5) is 11.8. The van der Waals surface area contributed by atoms with Crippen molar-refractivity contribution in [2.24, 2.45) is 0 Å². The van der Waals surface area contributed by atoms with Gasteiger partial charge in [0.25, 0.3) is 5.56 Å². The molecule has 0 aliphatic carbocycles. The standard InChI is InChI=1S/C10H10BrN3O2/c1-6-3-8(11)5-14(10(6)15)12-9-4-7(2)16-13-9/h3-5H,1-2H3,(H,12,13). The van der Waals surface area contributed by atoms with Gasteiger partial charge in [-0.2, -0.15) is 0 Å². The molecule has 0 unspecified atom stereocenters. The van der Waals surface area contributed by atoms with Gasteiger partial charge in [0.2, 0.25) is 0 Å². The summed E-state index contributed by atoms with van der Waals surface area (Å²) in [7, 11) is 0. The van der Waals surface area contributed by atoms with Gasteiger partial charge in [0.15, 0.2) is 5.82 Å². The Morgan fingerprint density at radius 1 is 1.44 bits per heavy atom. The van der Waals surface area contributed by atoms with E-state index in [1.165, 1.54) is 4.68 Å². The third-order valence-electron chi connectivity index (χ3n) is 2.03. The number of aryl methyl sites for hydroxylation is 2. The summed E-state index contributed by atoms with van der Waals surface area (Å²) in [6.07, 6.45) is 1.64.